The van der Waals surface area contributed by atoms with E-state index in [1.165, 1.54) is 0 Å². The van der Waals surface area contributed by atoms with Crippen LogP contribution in [0.3, 0.4) is 0 Å². The minimum absolute atomic E-state index is 0.0691. The molecule has 0 rings (SSSR count). The molecule has 142 valence electrons. The van der Waals surface area contributed by atoms with Gasteiger partial charge in [0.2, 0.25) is 11.8 Å². The van der Waals surface area contributed by atoms with Gasteiger partial charge in [-0.15, -0.1) is 0 Å². The van der Waals surface area contributed by atoms with Crippen molar-refractivity contribution < 1.29 is 19.8 Å². The molecule has 0 aromatic rings. The summed E-state index contributed by atoms with van der Waals surface area (Å²) in [7, 11) is 0. The molecule has 0 aliphatic rings. The fraction of sp³-hybridized carbons (Fsp3) is 0.857. The molecule has 0 spiro atoms. The predicted molar refractivity (Wildman–Crippen MR) is 91.4 cm³/mol. The van der Waals surface area contributed by atoms with Crippen molar-refractivity contribution in [1.29, 1.82) is 0 Å². The van der Waals surface area contributed by atoms with E-state index in [0.717, 1.165) is 19.6 Å². The van der Waals surface area contributed by atoms with Crippen molar-refractivity contribution in [3.05, 3.63) is 0 Å². The molecule has 10 heteroatoms. The quantitative estimate of drug-likeness (QED) is 0.138. The maximum absolute atomic E-state index is 11.7. The fourth-order valence-corrected chi connectivity index (χ4v) is 1.89. The van der Waals surface area contributed by atoms with Gasteiger partial charge in [-0.1, -0.05) is 0 Å². The van der Waals surface area contributed by atoms with Crippen LogP contribution in [0.5, 0.6) is 0 Å². The summed E-state index contributed by atoms with van der Waals surface area (Å²) < 4.78 is 0. The van der Waals surface area contributed by atoms with Gasteiger partial charge < -0.3 is 37.2 Å². The second-order valence-electron chi connectivity index (χ2n) is 5.15. The van der Waals surface area contributed by atoms with Gasteiger partial charge in [-0.3, -0.25) is 14.5 Å². The zero-order valence-corrected chi connectivity index (χ0v) is 14.2. The molecule has 0 atom stereocenters. The number of aliphatic hydroxyl groups excluding tert-OH is 2. The van der Waals surface area contributed by atoms with Crippen LogP contribution in [0.2, 0.25) is 0 Å². The lowest BCUT2D eigenvalue weighted by molar-refractivity contribution is -0.125. The molecule has 0 fully saturated rings. The molecule has 24 heavy (non-hydrogen) atoms. The summed E-state index contributed by atoms with van der Waals surface area (Å²) in [5.41, 5.74) is 5.37. The zero-order chi connectivity index (χ0) is 18.0. The van der Waals surface area contributed by atoms with Crippen LogP contribution in [0.1, 0.15) is 0 Å². The number of aliphatic hydroxyl groups is 2. The minimum Gasteiger partial charge on any atom is -0.395 e. The van der Waals surface area contributed by atoms with E-state index in [4.69, 9.17) is 15.9 Å². The number of hydrogen-bond donors (Lipinski definition) is 7. The first-order valence-electron chi connectivity index (χ1n) is 8.23. The summed E-state index contributed by atoms with van der Waals surface area (Å²) in [6, 6.07) is 0. The second-order valence-corrected chi connectivity index (χ2v) is 5.15. The zero-order valence-electron chi connectivity index (χ0n) is 14.2. The first kappa shape index (κ1) is 22.7. The largest absolute Gasteiger partial charge is 0.395 e. The Hall–Kier alpha value is -1.30. The first-order valence-corrected chi connectivity index (χ1v) is 8.23. The number of nitrogens with one attached hydrogen (secondary N) is 4. The number of amides is 2. The molecular formula is C14H32N6O4. The van der Waals surface area contributed by atoms with Gasteiger partial charge in [0, 0.05) is 52.4 Å². The molecule has 0 unspecified atom stereocenters. The molecule has 0 radical (unpaired) electrons. The van der Waals surface area contributed by atoms with E-state index in [2.05, 4.69) is 21.3 Å². The Bertz CT molecular complexity index is 310. The van der Waals surface area contributed by atoms with Crippen molar-refractivity contribution in [3.8, 4) is 0 Å². The number of nitrogens with zero attached hydrogens (tertiary/aromatic N) is 1. The van der Waals surface area contributed by atoms with Gasteiger partial charge in [-0.2, -0.15) is 0 Å². The molecule has 0 heterocycles. The molecule has 8 N–H and O–H groups in total. The predicted octanol–water partition coefficient (Wildman–Crippen LogP) is -4.36. The standard InChI is InChI=1S/C14H32N6O4/c15-1-2-16-3-4-17-5-8-20(11-13(23)18-6-9-21)12-14(24)19-7-10-22/h16-17,21-22H,1-12,15H2,(H,18,23)(H,19,24). The van der Waals surface area contributed by atoms with Crippen molar-refractivity contribution in [2.75, 3.05) is 78.7 Å². The van der Waals surface area contributed by atoms with Crippen LogP contribution in [0, 0.1) is 0 Å². The summed E-state index contributed by atoms with van der Waals surface area (Å²) in [5, 5.41) is 28.9. The van der Waals surface area contributed by atoms with Gasteiger partial charge in [0.15, 0.2) is 0 Å². The van der Waals surface area contributed by atoms with Crippen LogP contribution < -0.4 is 27.0 Å². The minimum atomic E-state index is -0.247. The van der Waals surface area contributed by atoms with Crippen LogP contribution >= 0.6 is 0 Å². The molecule has 0 aromatic heterocycles. The van der Waals surface area contributed by atoms with Gasteiger partial charge in [0.05, 0.1) is 26.3 Å². The summed E-state index contributed by atoms with van der Waals surface area (Å²) in [6.45, 7) is 4.35. The lowest BCUT2D eigenvalue weighted by atomic mass is 10.4. The van der Waals surface area contributed by atoms with Gasteiger partial charge in [0.25, 0.3) is 0 Å². The molecule has 0 aliphatic carbocycles. The lowest BCUT2D eigenvalue weighted by Crippen LogP contribution is -2.46. The van der Waals surface area contributed by atoms with E-state index in [9.17, 15) is 9.59 Å². The van der Waals surface area contributed by atoms with Crippen LogP contribution in [-0.4, -0.2) is 106 Å². The van der Waals surface area contributed by atoms with Gasteiger partial charge in [-0.05, 0) is 0 Å². The van der Waals surface area contributed by atoms with Crippen molar-refractivity contribution >= 4 is 11.8 Å². The average molecular weight is 348 g/mol. The van der Waals surface area contributed by atoms with E-state index in [1.807, 2.05) is 0 Å². The van der Waals surface area contributed by atoms with E-state index < -0.39 is 0 Å². The highest BCUT2D eigenvalue weighted by Crippen LogP contribution is 1.88. The van der Waals surface area contributed by atoms with E-state index in [-0.39, 0.29) is 51.2 Å². The molecule has 0 aliphatic heterocycles. The topological polar surface area (TPSA) is 152 Å². The lowest BCUT2D eigenvalue weighted by Gasteiger charge is -2.21. The normalized spacial score (nSPS) is 10.8. The van der Waals surface area contributed by atoms with Gasteiger partial charge in [-0.25, -0.2) is 0 Å². The molecule has 0 bridgehead atoms. The molecular weight excluding hydrogens is 316 g/mol. The SMILES string of the molecule is NCCNCCNCCN(CC(=O)NCCO)CC(=O)NCCO. The Morgan fingerprint density at radius 1 is 0.792 bits per heavy atom. The van der Waals surface area contributed by atoms with E-state index in [0.29, 0.717) is 19.6 Å². The number of rotatable bonds is 16. The van der Waals surface area contributed by atoms with Crippen LogP contribution in [-0.2, 0) is 9.59 Å². The molecule has 2 amide bonds. The second kappa shape index (κ2) is 16.6. The Labute approximate surface area is 143 Å². The molecule has 0 saturated carbocycles. The van der Waals surface area contributed by atoms with Gasteiger partial charge >= 0.3 is 0 Å². The average Bonchev–Trinajstić information content (AvgIpc) is 2.57. The number of hydrogen-bond acceptors (Lipinski definition) is 8. The van der Waals surface area contributed by atoms with Crippen molar-refractivity contribution in [2.24, 2.45) is 5.73 Å². The van der Waals surface area contributed by atoms with Crippen molar-refractivity contribution in [1.82, 2.24) is 26.2 Å². The van der Waals surface area contributed by atoms with Crippen LogP contribution in [0.4, 0.5) is 0 Å². The monoisotopic (exact) mass is 348 g/mol. The Morgan fingerprint density at radius 2 is 1.29 bits per heavy atom. The summed E-state index contributed by atoms with van der Waals surface area (Å²) in [5.74, 6) is -0.493. The van der Waals surface area contributed by atoms with E-state index >= 15 is 0 Å². The highest BCUT2D eigenvalue weighted by Gasteiger charge is 2.13. The highest BCUT2D eigenvalue weighted by molar-refractivity contribution is 5.81. The highest BCUT2D eigenvalue weighted by atomic mass is 16.3. The summed E-state index contributed by atoms with van der Waals surface area (Å²) in [6.07, 6.45) is 0. The molecule has 0 saturated heterocycles. The Morgan fingerprint density at radius 3 is 1.75 bits per heavy atom. The van der Waals surface area contributed by atoms with Crippen molar-refractivity contribution in [2.45, 2.75) is 0 Å². The first-order chi connectivity index (χ1) is 11.6. The summed E-state index contributed by atoms with van der Waals surface area (Å²) >= 11 is 0. The molecule has 10 nitrogen and oxygen atoms in total. The van der Waals surface area contributed by atoms with Crippen LogP contribution in [0.15, 0.2) is 0 Å². The Balaban J connectivity index is 4.11. The summed E-state index contributed by atoms with van der Waals surface area (Å²) in [4.78, 5) is 25.2. The number of carbonyl (C=O) groups is 2. The number of carbonyl (C=O) groups excluding carboxylic acids is 2. The third-order valence-electron chi connectivity index (χ3n) is 3.01. The smallest absolute Gasteiger partial charge is 0.234 e. The van der Waals surface area contributed by atoms with Crippen LogP contribution in [0.25, 0.3) is 0 Å². The maximum Gasteiger partial charge on any atom is 0.234 e. The van der Waals surface area contributed by atoms with E-state index in [1.54, 1.807) is 4.90 Å². The Kier molecular flexibility index (Phi) is 15.7. The van der Waals surface area contributed by atoms with Crippen molar-refractivity contribution in [3.63, 3.8) is 0 Å². The fourth-order valence-electron chi connectivity index (χ4n) is 1.89. The third-order valence-corrected chi connectivity index (χ3v) is 3.01. The van der Waals surface area contributed by atoms with Gasteiger partial charge in [0.1, 0.15) is 0 Å². The third kappa shape index (κ3) is 14.3. The maximum atomic E-state index is 11.7. The molecule has 0 aromatic carbocycles. The number of nitrogens with two attached hydrogens (primary N) is 1.